The summed E-state index contributed by atoms with van der Waals surface area (Å²) in [7, 11) is -3.65. The van der Waals surface area contributed by atoms with Crippen molar-refractivity contribution < 1.29 is 17.6 Å². The normalized spacial score (nSPS) is 15.7. The van der Waals surface area contributed by atoms with Gasteiger partial charge in [-0.15, -0.1) is 0 Å². The van der Waals surface area contributed by atoms with E-state index in [1.807, 2.05) is 0 Å². The third-order valence-corrected chi connectivity index (χ3v) is 7.70. The van der Waals surface area contributed by atoms with Crippen molar-refractivity contribution in [3.05, 3.63) is 63.3 Å². The lowest BCUT2D eigenvalue weighted by molar-refractivity contribution is -0.131. The fourth-order valence-electron chi connectivity index (χ4n) is 2.94. The first-order valence-corrected chi connectivity index (χ1v) is 10.9. The van der Waals surface area contributed by atoms with E-state index in [2.05, 4.69) is 15.9 Å². The van der Waals surface area contributed by atoms with E-state index in [0.29, 0.717) is 4.47 Å². The van der Waals surface area contributed by atoms with Gasteiger partial charge >= 0.3 is 0 Å². The molecule has 0 saturated carbocycles. The Hall–Kier alpha value is -1.48. The van der Waals surface area contributed by atoms with E-state index < -0.39 is 15.8 Å². The van der Waals surface area contributed by atoms with Gasteiger partial charge in [-0.3, -0.25) is 4.79 Å². The Bertz CT molecular complexity index is 943. The van der Waals surface area contributed by atoms with Gasteiger partial charge in [0, 0.05) is 41.2 Å². The van der Waals surface area contributed by atoms with Gasteiger partial charge in [0.1, 0.15) is 5.82 Å². The molecule has 0 radical (unpaired) electrons. The Balaban J connectivity index is 1.67. The van der Waals surface area contributed by atoms with Crippen LogP contribution in [0.1, 0.15) is 5.56 Å². The number of carbonyl (C=O) groups excluding carboxylic acids is 1. The van der Waals surface area contributed by atoms with E-state index in [-0.39, 0.29) is 54.0 Å². The summed E-state index contributed by atoms with van der Waals surface area (Å²) in [4.78, 5) is 14.2. The first kappa shape index (κ1) is 20.3. The Morgan fingerprint density at radius 1 is 1.07 bits per heavy atom. The molecule has 1 saturated heterocycles. The molecule has 27 heavy (non-hydrogen) atoms. The maximum atomic E-state index is 13.9. The summed E-state index contributed by atoms with van der Waals surface area (Å²) in [6.45, 7) is 0.851. The van der Waals surface area contributed by atoms with Crippen molar-refractivity contribution in [1.29, 1.82) is 0 Å². The molecular formula is C18H17BrClFN2O3S. The first-order valence-electron chi connectivity index (χ1n) is 8.26. The summed E-state index contributed by atoms with van der Waals surface area (Å²) in [5.41, 5.74) is 0.160. The van der Waals surface area contributed by atoms with Crippen molar-refractivity contribution in [3.8, 4) is 0 Å². The summed E-state index contributed by atoms with van der Waals surface area (Å²) in [5, 5.41) is 0.207. The van der Waals surface area contributed by atoms with Gasteiger partial charge in [-0.25, -0.2) is 12.8 Å². The maximum absolute atomic E-state index is 13.9. The number of hydrogen-bond acceptors (Lipinski definition) is 3. The van der Waals surface area contributed by atoms with E-state index in [9.17, 15) is 17.6 Å². The zero-order chi connectivity index (χ0) is 19.6. The lowest BCUT2D eigenvalue weighted by atomic mass is 10.1. The highest BCUT2D eigenvalue weighted by Crippen LogP contribution is 2.26. The van der Waals surface area contributed by atoms with E-state index in [1.54, 1.807) is 18.2 Å². The van der Waals surface area contributed by atoms with E-state index in [1.165, 1.54) is 33.5 Å². The summed E-state index contributed by atoms with van der Waals surface area (Å²) in [6, 6.07) is 10.9. The van der Waals surface area contributed by atoms with Crippen molar-refractivity contribution in [3.63, 3.8) is 0 Å². The van der Waals surface area contributed by atoms with Crippen LogP contribution in [0.4, 0.5) is 4.39 Å². The standard InChI is InChI=1S/C18H17BrClFN2O3S/c19-14-4-1-2-7-17(14)27(25,26)23-10-8-22(9-11-23)18(24)12-13-15(20)5-3-6-16(13)21/h1-7H,8-12H2. The number of halogens is 3. The van der Waals surface area contributed by atoms with E-state index in [4.69, 9.17) is 11.6 Å². The molecule has 1 amide bonds. The molecular weight excluding hydrogens is 459 g/mol. The number of nitrogens with zero attached hydrogens (tertiary/aromatic N) is 2. The molecule has 0 atom stereocenters. The second-order valence-corrected chi connectivity index (χ2v) is 9.26. The molecule has 1 aliphatic rings. The number of rotatable bonds is 4. The van der Waals surface area contributed by atoms with Gasteiger partial charge < -0.3 is 4.90 Å². The van der Waals surface area contributed by atoms with E-state index >= 15 is 0 Å². The molecule has 9 heteroatoms. The fourth-order valence-corrected chi connectivity index (χ4v) is 5.55. The summed E-state index contributed by atoms with van der Waals surface area (Å²) < 4.78 is 41.3. The van der Waals surface area contributed by atoms with Crippen molar-refractivity contribution in [1.82, 2.24) is 9.21 Å². The molecule has 1 aliphatic heterocycles. The summed E-state index contributed by atoms with van der Waals surface area (Å²) in [6.07, 6.45) is -0.150. The fraction of sp³-hybridized carbons (Fsp3) is 0.278. The van der Waals surface area contributed by atoms with Crippen LogP contribution in [-0.2, 0) is 21.2 Å². The van der Waals surface area contributed by atoms with Crippen molar-refractivity contribution in [2.75, 3.05) is 26.2 Å². The van der Waals surface area contributed by atoms with Crippen molar-refractivity contribution in [2.24, 2.45) is 0 Å². The highest BCUT2D eigenvalue weighted by molar-refractivity contribution is 9.10. The highest BCUT2D eigenvalue weighted by Gasteiger charge is 2.31. The molecule has 0 aromatic heterocycles. The van der Waals surface area contributed by atoms with Gasteiger partial charge in [-0.1, -0.05) is 29.8 Å². The average Bonchev–Trinajstić information content (AvgIpc) is 2.65. The maximum Gasteiger partial charge on any atom is 0.244 e. The van der Waals surface area contributed by atoms with Crippen LogP contribution in [0, 0.1) is 5.82 Å². The molecule has 144 valence electrons. The smallest absolute Gasteiger partial charge is 0.244 e. The Morgan fingerprint density at radius 3 is 2.37 bits per heavy atom. The molecule has 0 bridgehead atoms. The van der Waals surface area contributed by atoms with Gasteiger partial charge in [0.05, 0.1) is 11.3 Å². The van der Waals surface area contributed by atoms with Crippen LogP contribution in [0.15, 0.2) is 51.8 Å². The Kier molecular flexibility index (Phi) is 6.20. The van der Waals surface area contributed by atoms with Crippen molar-refractivity contribution >= 4 is 43.5 Å². The summed E-state index contributed by atoms with van der Waals surface area (Å²) >= 11 is 9.24. The SMILES string of the molecule is O=C(Cc1c(F)cccc1Cl)N1CCN(S(=O)(=O)c2ccccc2Br)CC1. The van der Waals surface area contributed by atoms with Gasteiger partial charge in [-0.05, 0) is 40.2 Å². The number of benzene rings is 2. The van der Waals surface area contributed by atoms with Crippen LogP contribution < -0.4 is 0 Å². The third-order valence-electron chi connectivity index (χ3n) is 4.44. The molecule has 2 aromatic carbocycles. The van der Waals surface area contributed by atoms with Crippen LogP contribution in [0.5, 0.6) is 0 Å². The minimum atomic E-state index is -3.65. The van der Waals surface area contributed by atoms with Gasteiger partial charge in [0.25, 0.3) is 0 Å². The molecule has 0 spiro atoms. The lowest BCUT2D eigenvalue weighted by Crippen LogP contribution is -2.50. The number of piperazine rings is 1. The second-order valence-electron chi connectivity index (χ2n) is 6.09. The average molecular weight is 476 g/mol. The predicted octanol–water partition coefficient (Wildman–Crippen LogP) is 3.32. The zero-order valence-corrected chi connectivity index (χ0v) is 17.4. The van der Waals surface area contributed by atoms with Gasteiger partial charge in [0.15, 0.2) is 0 Å². The number of hydrogen-bond donors (Lipinski definition) is 0. The van der Waals surface area contributed by atoms with Crippen LogP contribution in [0.3, 0.4) is 0 Å². The second kappa shape index (κ2) is 8.26. The van der Waals surface area contributed by atoms with Crippen LogP contribution in [0.2, 0.25) is 5.02 Å². The number of carbonyl (C=O) groups is 1. The molecule has 1 fully saturated rings. The Labute approximate surface area is 170 Å². The first-order chi connectivity index (χ1) is 12.8. The minimum Gasteiger partial charge on any atom is -0.340 e. The Morgan fingerprint density at radius 2 is 1.74 bits per heavy atom. The van der Waals surface area contributed by atoms with Gasteiger partial charge in [-0.2, -0.15) is 4.31 Å². The largest absolute Gasteiger partial charge is 0.340 e. The van der Waals surface area contributed by atoms with Crippen LogP contribution in [-0.4, -0.2) is 49.7 Å². The number of amides is 1. The van der Waals surface area contributed by atoms with Gasteiger partial charge in [0.2, 0.25) is 15.9 Å². The van der Waals surface area contributed by atoms with E-state index in [0.717, 1.165) is 0 Å². The molecule has 1 heterocycles. The molecule has 0 unspecified atom stereocenters. The number of sulfonamides is 1. The lowest BCUT2D eigenvalue weighted by Gasteiger charge is -2.34. The van der Waals surface area contributed by atoms with Crippen molar-refractivity contribution in [2.45, 2.75) is 11.3 Å². The predicted molar refractivity (Wildman–Crippen MR) is 105 cm³/mol. The zero-order valence-electron chi connectivity index (χ0n) is 14.2. The third kappa shape index (κ3) is 4.34. The minimum absolute atomic E-state index is 0.150. The molecule has 3 rings (SSSR count). The monoisotopic (exact) mass is 474 g/mol. The molecule has 2 aromatic rings. The topological polar surface area (TPSA) is 57.7 Å². The highest BCUT2D eigenvalue weighted by atomic mass is 79.9. The molecule has 0 aliphatic carbocycles. The quantitative estimate of drug-likeness (QED) is 0.682. The molecule has 5 nitrogen and oxygen atoms in total. The summed E-state index contributed by atoms with van der Waals surface area (Å²) in [5.74, 6) is -0.800. The van der Waals surface area contributed by atoms with Crippen LogP contribution >= 0.6 is 27.5 Å². The van der Waals surface area contributed by atoms with Crippen LogP contribution in [0.25, 0.3) is 0 Å². The molecule has 0 N–H and O–H groups in total.